The molecule has 1 aliphatic rings. The Morgan fingerprint density at radius 2 is 2.36 bits per heavy atom. The number of rotatable bonds is 2. The highest BCUT2D eigenvalue weighted by molar-refractivity contribution is 4.84. The second-order valence-corrected chi connectivity index (χ2v) is 3.76. The summed E-state index contributed by atoms with van der Waals surface area (Å²) >= 11 is 0. The van der Waals surface area contributed by atoms with E-state index in [0.29, 0.717) is 6.54 Å². The van der Waals surface area contributed by atoms with Crippen LogP contribution >= 0.6 is 0 Å². The average molecular weight is 159 g/mol. The lowest BCUT2D eigenvalue weighted by molar-refractivity contribution is -0.0675. The van der Waals surface area contributed by atoms with Crippen LogP contribution in [0.1, 0.15) is 26.7 Å². The number of ether oxygens (including phenoxy) is 1. The molecule has 2 unspecified atom stereocenters. The Balaban J connectivity index is 2.41. The number of hydrogen-bond donors (Lipinski definition) is 2. The molecule has 3 heteroatoms. The van der Waals surface area contributed by atoms with E-state index in [2.05, 4.69) is 0 Å². The van der Waals surface area contributed by atoms with E-state index >= 15 is 0 Å². The molecule has 11 heavy (non-hydrogen) atoms. The minimum atomic E-state index is -0.489. The zero-order valence-electron chi connectivity index (χ0n) is 7.21. The van der Waals surface area contributed by atoms with Crippen LogP contribution in [0, 0.1) is 0 Å². The first-order valence-electron chi connectivity index (χ1n) is 4.11. The fraction of sp³-hybridized carbons (Fsp3) is 1.00. The van der Waals surface area contributed by atoms with Crippen LogP contribution in [0.5, 0.6) is 0 Å². The molecule has 66 valence electrons. The normalized spacial score (nSPS) is 32.2. The van der Waals surface area contributed by atoms with Gasteiger partial charge in [-0.1, -0.05) is 0 Å². The van der Waals surface area contributed by atoms with Crippen LogP contribution < -0.4 is 5.73 Å². The SMILES string of the molecule is CC1(C)CCC(C(O)CN)O1. The molecule has 0 radical (unpaired) electrons. The van der Waals surface area contributed by atoms with Crippen molar-refractivity contribution < 1.29 is 9.84 Å². The van der Waals surface area contributed by atoms with Crippen molar-refractivity contribution in [3.05, 3.63) is 0 Å². The molecule has 3 nitrogen and oxygen atoms in total. The summed E-state index contributed by atoms with van der Waals surface area (Å²) < 4.78 is 5.57. The average Bonchev–Trinajstić information content (AvgIpc) is 2.29. The lowest BCUT2D eigenvalue weighted by atomic mass is 10.0. The molecular weight excluding hydrogens is 142 g/mol. The summed E-state index contributed by atoms with van der Waals surface area (Å²) in [6.45, 7) is 4.37. The fourth-order valence-corrected chi connectivity index (χ4v) is 1.44. The topological polar surface area (TPSA) is 55.5 Å². The maximum Gasteiger partial charge on any atom is 0.0923 e. The third kappa shape index (κ3) is 2.15. The van der Waals surface area contributed by atoms with Crippen molar-refractivity contribution in [1.29, 1.82) is 0 Å². The first-order chi connectivity index (χ1) is 5.05. The molecule has 1 fully saturated rings. The van der Waals surface area contributed by atoms with Crippen LogP contribution in [0.3, 0.4) is 0 Å². The Bertz CT molecular complexity index is 136. The highest BCUT2D eigenvalue weighted by Crippen LogP contribution is 2.30. The molecular formula is C8H17NO2. The smallest absolute Gasteiger partial charge is 0.0923 e. The largest absolute Gasteiger partial charge is 0.389 e. The van der Waals surface area contributed by atoms with Crippen LogP contribution in [-0.4, -0.2) is 29.5 Å². The molecule has 2 atom stereocenters. The molecule has 0 aromatic carbocycles. The van der Waals surface area contributed by atoms with E-state index in [1.165, 1.54) is 0 Å². The Morgan fingerprint density at radius 1 is 1.73 bits per heavy atom. The van der Waals surface area contributed by atoms with Crippen LogP contribution in [0.25, 0.3) is 0 Å². The van der Waals surface area contributed by atoms with Gasteiger partial charge in [0, 0.05) is 6.54 Å². The summed E-state index contributed by atoms with van der Waals surface area (Å²) in [7, 11) is 0. The third-order valence-electron chi connectivity index (χ3n) is 2.17. The predicted molar refractivity (Wildman–Crippen MR) is 43.2 cm³/mol. The van der Waals surface area contributed by atoms with Crippen molar-refractivity contribution >= 4 is 0 Å². The summed E-state index contributed by atoms with van der Waals surface area (Å²) in [5.41, 5.74) is 5.24. The van der Waals surface area contributed by atoms with E-state index in [9.17, 15) is 5.11 Å². The Hall–Kier alpha value is -0.120. The number of nitrogens with two attached hydrogens (primary N) is 1. The van der Waals surface area contributed by atoms with Crippen LogP contribution in [0.4, 0.5) is 0 Å². The number of hydrogen-bond acceptors (Lipinski definition) is 3. The van der Waals surface area contributed by atoms with Crippen molar-refractivity contribution in [2.24, 2.45) is 5.73 Å². The maximum atomic E-state index is 9.34. The zero-order valence-corrected chi connectivity index (χ0v) is 7.21. The van der Waals surface area contributed by atoms with E-state index < -0.39 is 6.10 Å². The molecule has 0 aromatic rings. The highest BCUT2D eigenvalue weighted by atomic mass is 16.5. The molecule has 3 N–H and O–H groups in total. The zero-order chi connectivity index (χ0) is 8.48. The summed E-state index contributed by atoms with van der Waals surface area (Å²) in [6.07, 6.45) is 1.40. The van der Waals surface area contributed by atoms with Gasteiger partial charge in [-0.25, -0.2) is 0 Å². The van der Waals surface area contributed by atoms with E-state index in [-0.39, 0.29) is 11.7 Å². The van der Waals surface area contributed by atoms with E-state index in [1.807, 2.05) is 13.8 Å². The van der Waals surface area contributed by atoms with Gasteiger partial charge in [0.15, 0.2) is 0 Å². The molecule has 1 saturated heterocycles. The van der Waals surface area contributed by atoms with Gasteiger partial charge in [0.1, 0.15) is 0 Å². The van der Waals surface area contributed by atoms with E-state index in [1.54, 1.807) is 0 Å². The van der Waals surface area contributed by atoms with Gasteiger partial charge >= 0.3 is 0 Å². The minimum absolute atomic E-state index is 0.0463. The van der Waals surface area contributed by atoms with Gasteiger partial charge in [0.25, 0.3) is 0 Å². The van der Waals surface area contributed by atoms with Gasteiger partial charge in [0.2, 0.25) is 0 Å². The molecule has 1 aliphatic heterocycles. The molecule has 0 aromatic heterocycles. The Kier molecular flexibility index (Phi) is 2.52. The summed E-state index contributed by atoms with van der Waals surface area (Å²) in [4.78, 5) is 0. The van der Waals surface area contributed by atoms with E-state index in [0.717, 1.165) is 12.8 Å². The van der Waals surface area contributed by atoms with Crippen LogP contribution in [0.15, 0.2) is 0 Å². The fourth-order valence-electron chi connectivity index (χ4n) is 1.44. The predicted octanol–water partition coefficient (Wildman–Crippen LogP) is 0.264. The van der Waals surface area contributed by atoms with Gasteiger partial charge in [-0.05, 0) is 26.7 Å². The lowest BCUT2D eigenvalue weighted by Gasteiger charge is -2.21. The first-order valence-corrected chi connectivity index (χ1v) is 4.11. The molecule has 0 bridgehead atoms. The molecule has 0 saturated carbocycles. The third-order valence-corrected chi connectivity index (χ3v) is 2.17. The molecule has 0 aliphatic carbocycles. The van der Waals surface area contributed by atoms with Crippen molar-refractivity contribution in [2.75, 3.05) is 6.54 Å². The van der Waals surface area contributed by atoms with Gasteiger partial charge in [0.05, 0.1) is 17.8 Å². The van der Waals surface area contributed by atoms with Crippen LogP contribution in [-0.2, 0) is 4.74 Å². The second-order valence-electron chi connectivity index (χ2n) is 3.76. The monoisotopic (exact) mass is 159 g/mol. The van der Waals surface area contributed by atoms with Gasteiger partial charge < -0.3 is 15.6 Å². The highest BCUT2D eigenvalue weighted by Gasteiger charge is 2.34. The van der Waals surface area contributed by atoms with Crippen molar-refractivity contribution in [3.63, 3.8) is 0 Å². The number of aliphatic hydroxyl groups excluding tert-OH is 1. The van der Waals surface area contributed by atoms with E-state index in [4.69, 9.17) is 10.5 Å². The molecule has 0 spiro atoms. The first kappa shape index (κ1) is 8.97. The Morgan fingerprint density at radius 3 is 2.73 bits per heavy atom. The Labute approximate surface area is 67.5 Å². The van der Waals surface area contributed by atoms with Gasteiger partial charge in [-0.15, -0.1) is 0 Å². The maximum absolute atomic E-state index is 9.34. The lowest BCUT2D eigenvalue weighted by Crippen LogP contribution is -2.34. The second kappa shape index (κ2) is 3.09. The van der Waals surface area contributed by atoms with Crippen molar-refractivity contribution in [3.8, 4) is 0 Å². The summed E-state index contributed by atoms with van der Waals surface area (Å²) in [6, 6.07) is 0. The standard InChI is InChI=1S/C8H17NO2/c1-8(2)4-3-7(11-8)6(10)5-9/h6-7,10H,3-5,9H2,1-2H3. The molecule has 1 heterocycles. The van der Waals surface area contributed by atoms with Gasteiger partial charge in [-0.3, -0.25) is 0 Å². The molecule has 1 rings (SSSR count). The van der Waals surface area contributed by atoms with Crippen molar-refractivity contribution in [1.82, 2.24) is 0 Å². The van der Waals surface area contributed by atoms with Crippen LogP contribution in [0.2, 0.25) is 0 Å². The summed E-state index contributed by atoms with van der Waals surface area (Å²) in [5.74, 6) is 0. The quantitative estimate of drug-likeness (QED) is 0.608. The number of aliphatic hydroxyl groups is 1. The summed E-state index contributed by atoms with van der Waals surface area (Å²) in [5, 5.41) is 9.34. The van der Waals surface area contributed by atoms with Crippen molar-refractivity contribution in [2.45, 2.75) is 44.5 Å². The minimum Gasteiger partial charge on any atom is -0.389 e. The molecule has 0 amide bonds. The van der Waals surface area contributed by atoms with Gasteiger partial charge in [-0.2, -0.15) is 0 Å².